The van der Waals surface area contributed by atoms with Gasteiger partial charge in [0.2, 0.25) is 5.76 Å². The Morgan fingerprint density at radius 2 is 1.69 bits per heavy atom. The average molecular weight is 340 g/mol. The zero-order valence-electron chi connectivity index (χ0n) is 14.5. The van der Waals surface area contributed by atoms with Crippen LogP contribution >= 0.6 is 0 Å². The Balaban J connectivity index is 1.87. The number of ether oxygens (including phenoxy) is 1. The van der Waals surface area contributed by atoms with E-state index in [4.69, 9.17) is 10.5 Å². The molecule has 2 N–H and O–H groups in total. The highest BCUT2D eigenvalue weighted by atomic mass is 16.5. The molecule has 26 heavy (non-hydrogen) atoms. The van der Waals surface area contributed by atoms with Crippen LogP contribution in [-0.2, 0) is 4.74 Å². The molecule has 1 atom stereocenters. The summed E-state index contributed by atoms with van der Waals surface area (Å²) in [5, 5.41) is 9.47. The van der Waals surface area contributed by atoms with Crippen LogP contribution < -0.4 is 5.73 Å². The van der Waals surface area contributed by atoms with Crippen molar-refractivity contribution in [2.45, 2.75) is 25.2 Å². The summed E-state index contributed by atoms with van der Waals surface area (Å²) in [5.41, 5.74) is 11.5. The van der Waals surface area contributed by atoms with Gasteiger partial charge in [-0.3, -0.25) is 0 Å². The van der Waals surface area contributed by atoms with Gasteiger partial charge >= 0.3 is 0 Å². The first-order valence-corrected chi connectivity index (χ1v) is 8.89. The number of hydrogen-bond acceptors (Lipinski definition) is 3. The van der Waals surface area contributed by atoms with Crippen molar-refractivity contribution in [3.05, 3.63) is 100 Å². The Morgan fingerprint density at radius 3 is 2.38 bits per heavy atom. The van der Waals surface area contributed by atoms with Crippen LogP contribution in [0.15, 0.2) is 89.0 Å². The van der Waals surface area contributed by atoms with Crippen LogP contribution in [0.5, 0.6) is 0 Å². The smallest absolute Gasteiger partial charge is 0.223 e. The summed E-state index contributed by atoms with van der Waals surface area (Å²) in [4.78, 5) is 0. The number of rotatable bonds is 2. The third-order valence-corrected chi connectivity index (χ3v) is 4.96. The third-order valence-electron chi connectivity index (χ3n) is 4.96. The summed E-state index contributed by atoms with van der Waals surface area (Å²) in [6.07, 6.45) is 5.05. The molecule has 0 fully saturated rings. The normalized spacial score (nSPS) is 21.2. The molecule has 0 amide bonds. The largest absolute Gasteiger partial charge is 0.448 e. The highest BCUT2D eigenvalue weighted by molar-refractivity contribution is 5.64. The molecule has 0 saturated carbocycles. The fourth-order valence-corrected chi connectivity index (χ4v) is 3.79. The lowest BCUT2D eigenvalue weighted by atomic mass is 9.77. The molecule has 0 radical (unpaired) electrons. The van der Waals surface area contributed by atoms with Gasteiger partial charge in [0.25, 0.3) is 0 Å². The van der Waals surface area contributed by atoms with Gasteiger partial charge in [-0.1, -0.05) is 66.7 Å². The van der Waals surface area contributed by atoms with Gasteiger partial charge in [0.15, 0.2) is 0 Å². The summed E-state index contributed by atoms with van der Waals surface area (Å²) >= 11 is 0. The van der Waals surface area contributed by atoms with Crippen LogP contribution in [0, 0.1) is 11.3 Å². The van der Waals surface area contributed by atoms with Crippen LogP contribution in [0.25, 0.3) is 6.08 Å². The second kappa shape index (κ2) is 6.93. The van der Waals surface area contributed by atoms with Crippen LogP contribution in [0.3, 0.4) is 0 Å². The molecule has 0 aromatic heterocycles. The molecule has 3 heteroatoms. The molecule has 3 nitrogen and oxygen atoms in total. The standard InChI is InChI=1S/C23H20N2O/c24-15-20-23(25)22(17-10-5-2-6-11-17)21-18(12-7-13-19(21)26-20)14-16-8-3-1-4-9-16/h1-6,8-11,14,22H,7,12-13,25H2. The van der Waals surface area contributed by atoms with Gasteiger partial charge in [-0.2, -0.15) is 5.26 Å². The zero-order chi connectivity index (χ0) is 17.9. The van der Waals surface area contributed by atoms with E-state index < -0.39 is 0 Å². The minimum Gasteiger partial charge on any atom is -0.448 e. The van der Waals surface area contributed by atoms with Crippen molar-refractivity contribution in [3.63, 3.8) is 0 Å². The first-order valence-electron chi connectivity index (χ1n) is 8.89. The number of allylic oxidation sites excluding steroid dienone is 4. The Bertz CT molecular complexity index is 947. The van der Waals surface area contributed by atoms with E-state index in [1.807, 2.05) is 36.4 Å². The van der Waals surface area contributed by atoms with E-state index in [9.17, 15) is 5.26 Å². The lowest BCUT2D eigenvalue weighted by Crippen LogP contribution is -2.25. The van der Waals surface area contributed by atoms with Gasteiger partial charge in [0, 0.05) is 12.0 Å². The van der Waals surface area contributed by atoms with E-state index in [0.717, 1.165) is 41.7 Å². The van der Waals surface area contributed by atoms with Crippen molar-refractivity contribution in [1.29, 1.82) is 5.26 Å². The minimum atomic E-state index is -0.134. The number of nitriles is 1. The van der Waals surface area contributed by atoms with Gasteiger partial charge in [0.1, 0.15) is 11.8 Å². The predicted molar refractivity (Wildman–Crippen MR) is 102 cm³/mol. The van der Waals surface area contributed by atoms with Crippen molar-refractivity contribution in [2.75, 3.05) is 0 Å². The second-order valence-corrected chi connectivity index (χ2v) is 6.61. The molecule has 0 bridgehead atoms. The molecule has 2 aromatic carbocycles. The van der Waals surface area contributed by atoms with Gasteiger partial charge in [0.05, 0.1) is 11.6 Å². The third kappa shape index (κ3) is 2.91. The van der Waals surface area contributed by atoms with E-state index >= 15 is 0 Å². The highest BCUT2D eigenvalue weighted by Crippen LogP contribution is 2.46. The molecule has 1 aliphatic heterocycles. The molecule has 0 spiro atoms. The van der Waals surface area contributed by atoms with Crippen LogP contribution in [0.2, 0.25) is 0 Å². The molecule has 128 valence electrons. The molecule has 1 unspecified atom stereocenters. The second-order valence-electron chi connectivity index (χ2n) is 6.61. The van der Waals surface area contributed by atoms with Gasteiger partial charge in [-0.25, -0.2) is 0 Å². The maximum Gasteiger partial charge on any atom is 0.223 e. The van der Waals surface area contributed by atoms with Gasteiger partial charge in [-0.05, 0) is 29.5 Å². The SMILES string of the molecule is N#CC1=C(N)C(c2ccccc2)C2=C(CCCC2=Cc2ccccc2)O1. The number of hydrogen-bond donors (Lipinski definition) is 1. The molecule has 2 aromatic rings. The van der Waals surface area contributed by atoms with E-state index in [-0.39, 0.29) is 11.7 Å². The van der Waals surface area contributed by atoms with Crippen molar-refractivity contribution < 1.29 is 4.74 Å². The lowest BCUT2D eigenvalue weighted by molar-refractivity contribution is 0.275. The van der Waals surface area contributed by atoms with Crippen LogP contribution in [0.1, 0.15) is 36.3 Å². The first kappa shape index (κ1) is 16.2. The minimum absolute atomic E-state index is 0.134. The molecule has 0 saturated heterocycles. The van der Waals surface area contributed by atoms with Crippen molar-refractivity contribution >= 4 is 6.08 Å². The molecule has 2 aliphatic rings. The topological polar surface area (TPSA) is 59.0 Å². The Morgan fingerprint density at radius 1 is 1.00 bits per heavy atom. The predicted octanol–water partition coefficient (Wildman–Crippen LogP) is 5.02. The summed E-state index contributed by atoms with van der Waals surface area (Å²) in [6.45, 7) is 0. The molecule has 4 rings (SSSR count). The van der Waals surface area contributed by atoms with Crippen LogP contribution in [-0.4, -0.2) is 0 Å². The highest BCUT2D eigenvalue weighted by Gasteiger charge is 2.35. The van der Waals surface area contributed by atoms with Crippen molar-refractivity contribution in [1.82, 2.24) is 0 Å². The summed E-state index contributed by atoms with van der Waals surface area (Å²) in [5.74, 6) is 0.987. The average Bonchev–Trinajstić information content (AvgIpc) is 2.69. The molecular weight excluding hydrogens is 320 g/mol. The Kier molecular flexibility index (Phi) is 4.33. The lowest BCUT2D eigenvalue weighted by Gasteiger charge is -2.34. The number of benzene rings is 2. The fraction of sp³-hybridized carbons (Fsp3) is 0.174. The maximum absolute atomic E-state index is 9.47. The van der Waals surface area contributed by atoms with E-state index in [1.165, 1.54) is 5.57 Å². The van der Waals surface area contributed by atoms with E-state index in [1.54, 1.807) is 0 Å². The van der Waals surface area contributed by atoms with E-state index in [2.05, 4.69) is 36.4 Å². The van der Waals surface area contributed by atoms with Gasteiger partial charge in [-0.15, -0.1) is 0 Å². The summed E-state index contributed by atoms with van der Waals surface area (Å²) < 4.78 is 5.90. The monoisotopic (exact) mass is 340 g/mol. The summed E-state index contributed by atoms with van der Waals surface area (Å²) in [6, 6.07) is 22.6. The number of nitrogens with zero attached hydrogens (tertiary/aromatic N) is 1. The summed E-state index contributed by atoms with van der Waals surface area (Å²) in [7, 11) is 0. The quantitative estimate of drug-likeness (QED) is 0.835. The molecule has 1 heterocycles. The van der Waals surface area contributed by atoms with Crippen molar-refractivity contribution in [3.8, 4) is 6.07 Å². The van der Waals surface area contributed by atoms with E-state index in [0.29, 0.717) is 5.70 Å². The number of nitrogens with two attached hydrogens (primary N) is 1. The fourth-order valence-electron chi connectivity index (χ4n) is 3.79. The zero-order valence-corrected chi connectivity index (χ0v) is 14.5. The molecule has 1 aliphatic carbocycles. The first-order chi connectivity index (χ1) is 12.8. The van der Waals surface area contributed by atoms with Crippen LogP contribution in [0.4, 0.5) is 0 Å². The maximum atomic E-state index is 9.47. The molecular formula is C23H20N2O. The Labute approximate surface area is 153 Å². The van der Waals surface area contributed by atoms with Crippen molar-refractivity contribution in [2.24, 2.45) is 5.73 Å². The Hall–Kier alpha value is -3.25. The van der Waals surface area contributed by atoms with Gasteiger partial charge < -0.3 is 10.5 Å².